The summed E-state index contributed by atoms with van der Waals surface area (Å²) in [5.41, 5.74) is 1.57. The number of benzene rings is 2. The first-order valence-electron chi connectivity index (χ1n) is 9.78. The van der Waals surface area contributed by atoms with Crippen molar-refractivity contribution in [3.8, 4) is 11.5 Å². The minimum atomic E-state index is -0.804. The van der Waals surface area contributed by atoms with Crippen LogP contribution in [0.15, 0.2) is 48.5 Å². The number of carbonyl (C=O) groups excluding carboxylic acids is 3. The van der Waals surface area contributed by atoms with Crippen molar-refractivity contribution in [1.29, 1.82) is 0 Å². The molecule has 0 aromatic heterocycles. The van der Waals surface area contributed by atoms with Crippen LogP contribution in [0.2, 0.25) is 0 Å². The first-order valence-corrected chi connectivity index (χ1v) is 9.78. The molecule has 1 saturated heterocycles. The predicted molar refractivity (Wildman–Crippen MR) is 111 cm³/mol. The Labute approximate surface area is 176 Å². The summed E-state index contributed by atoms with van der Waals surface area (Å²) in [6, 6.07) is 13.6. The zero-order chi connectivity index (χ0) is 21.8. The van der Waals surface area contributed by atoms with Crippen LogP contribution in [0.4, 0.5) is 0 Å². The molecule has 3 rings (SSSR count). The van der Waals surface area contributed by atoms with Crippen molar-refractivity contribution in [3.05, 3.63) is 59.7 Å². The van der Waals surface area contributed by atoms with Crippen LogP contribution >= 0.6 is 0 Å². The van der Waals surface area contributed by atoms with E-state index in [4.69, 9.17) is 9.47 Å². The molecule has 30 heavy (non-hydrogen) atoms. The zero-order valence-electron chi connectivity index (χ0n) is 17.6. The largest absolute Gasteiger partial charge is 0.497 e. The Morgan fingerprint density at radius 2 is 1.23 bits per heavy atom. The molecule has 0 N–H and O–H groups in total. The molecule has 1 aliphatic rings. The lowest BCUT2D eigenvalue weighted by Gasteiger charge is -2.40. The van der Waals surface area contributed by atoms with Crippen LogP contribution in [-0.4, -0.2) is 47.8 Å². The average molecular weight is 410 g/mol. The van der Waals surface area contributed by atoms with Crippen LogP contribution in [0.25, 0.3) is 0 Å². The van der Waals surface area contributed by atoms with Crippen molar-refractivity contribution in [3.63, 3.8) is 0 Å². The summed E-state index contributed by atoms with van der Waals surface area (Å²) < 4.78 is 10.3. The molecule has 1 atom stereocenters. The van der Waals surface area contributed by atoms with E-state index in [2.05, 4.69) is 0 Å². The Balaban J connectivity index is 1.84. The number of hydrogen-bond donors (Lipinski definition) is 0. The van der Waals surface area contributed by atoms with E-state index < -0.39 is 17.9 Å². The molecule has 0 spiro atoms. The third-order valence-electron chi connectivity index (χ3n) is 5.19. The van der Waals surface area contributed by atoms with Crippen LogP contribution in [-0.2, 0) is 27.5 Å². The van der Waals surface area contributed by atoms with Gasteiger partial charge < -0.3 is 14.4 Å². The second kappa shape index (κ2) is 8.98. The Morgan fingerprint density at radius 3 is 1.67 bits per heavy atom. The van der Waals surface area contributed by atoms with Crippen LogP contribution in [0.1, 0.15) is 25.0 Å². The zero-order valence-corrected chi connectivity index (χ0v) is 17.6. The molecular formula is C23H26N2O5. The van der Waals surface area contributed by atoms with E-state index in [1.807, 2.05) is 26.0 Å². The second-order valence-corrected chi connectivity index (χ2v) is 7.55. The SMILES string of the molecule is COc1ccc(CN2C(=O)C(=O)N(Cc3ccc(OC)cc3)C(C(C)C)C2=O)cc1. The van der Waals surface area contributed by atoms with Gasteiger partial charge in [-0.3, -0.25) is 19.3 Å². The molecule has 0 aliphatic carbocycles. The smallest absolute Gasteiger partial charge is 0.319 e. The van der Waals surface area contributed by atoms with Gasteiger partial charge in [0.15, 0.2) is 0 Å². The highest BCUT2D eigenvalue weighted by Gasteiger charge is 2.46. The number of piperazine rings is 1. The number of amides is 3. The van der Waals surface area contributed by atoms with Gasteiger partial charge in [0.25, 0.3) is 5.91 Å². The van der Waals surface area contributed by atoms with E-state index in [9.17, 15) is 14.4 Å². The molecule has 1 fully saturated rings. The van der Waals surface area contributed by atoms with E-state index in [0.717, 1.165) is 16.0 Å². The maximum atomic E-state index is 13.2. The van der Waals surface area contributed by atoms with Crippen LogP contribution in [0.3, 0.4) is 0 Å². The van der Waals surface area contributed by atoms with Crippen molar-refractivity contribution in [2.45, 2.75) is 33.0 Å². The van der Waals surface area contributed by atoms with Crippen molar-refractivity contribution in [1.82, 2.24) is 9.80 Å². The number of imide groups is 1. The standard InChI is InChI=1S/C23H26N2O5/c1-15(2)20-21(26)25(14-17-7-11-19(30-4)12-8-17)23(28)22(27)24(20)13-16-5-9-18(29-3)10-6-16/h5-12,15,20H,13-14H2,1-4H3. The normalized spacial score (nSPS) is 17.0. The maximum absolute atomic E-state index is 13.2. The Hall–Kier alpha value is -3.35. The average Bonchev–Trinajstić information content (AvgIpc) is 2.75. The molecule has 1 aliphatic heterocycles. The lowest BCUT2D eigenvalue weighted by molar-refractivity contribution is -0.170. The molecule has 3 amide bonds. The van der Waals surface area contributed by atoms with Gasteiger partial charge in [-0.05, 0) is 41.3 Å². The molecule has 158 valence electrons. The molecule has 2 aromatic carbocycles. The van der Waals surface area contributed by atoms with Crippen LogP contribution in [0.5, 0.6) is 11.5 Å². The first kappa shape index (κ1) is 21.4. The van der Waals surface area contributed by atoms with E-state index in [1.165, 1.54) is 4.90 Å². The van der Waals surface area contributed by atoms with Gasteiger partial charge >= 0.3 is 11.8 Å². The van der Waals surface area contributed by atoms with E-state index in [0.29, 0.717) is 11.5 Å². The number of methoxy groups -OCH3 is 2. The van der Waals surface area contributed by atoms with Crippen LogP contribution < -0.4 is 9.47 Å². The van der Waals surface area contributed by atoms with E-state index in [1.54, 1.807) is 50.6 Å². The highest BCUT2D eigenvalue weighted by molar-refractivity contribution is 6.40. The summed E-state index contributed by atoms with van der Waals surface area (Å²) in [7, 11) is 3.14. The van der Waals surface area contributed by atoms with Crippen molar-refractivity contribution in [2.75, 3.05) is 14.2 Å². The van der Waals surface area contributed by atoms with Gasteiger partial charge in [0.2, 0.25) is 0 Å². The van der Waals surface area contributed by atoms with Crippen LogP contribution in [0, 0.1) is 5.92 Å². The van der Waals surface area contributed by atoms with Gasteiger partial charge in [-0.25, -0.2) is 0 Å². The number of carbonyl (C=O) groups is 3. The Bertz CT molecular complexity index is 922. The van der Waals surface area contributed by atoms with E-state index in [-0.39, 0.29) is 24.9 Å². The quantitative estimate of drug-likeness (QED) is 0.518. The number of nitrogens with zero attached hydrogens (tertiary/aromatic N) is 2. The fourth-order valence-electron chi connectivity index (χ4n) is 3.56. The summed E-state index contributed by atoms with van der Waals surface area (Å²) in [6.07, 6.45) is 0. The summed E-state index contributed by atoms with van der Waals surface area (Å²) in [5, 5.41) is 0. The van der Waals surface area contributed by atoms with Gasteiger partial charge in [0.1, 0.15) is 17.5 Å². The lowest BCUT2D eigenvalue weighted by Crippen LogP contribution is -2.63. The van der Waals surface area contributed by atoms with E-state index >= 15 is 0 Å². The minimum Gasteiger partial charge on any atom is -0.497 e. The monoisotopic (exact) mass is 410 g/mol. The predicted octanol–water partition coefficient (Wildman–Crippen LogP) is 2.63. The molecule has 7 heteroatoms. The molecule has 7 nitrogen and oxygen atoms in total. The fraction of sp³-hybridized carbons (Fsp3) is 0.348. The molecule has 0 radical (unpaired) electrons. The highest BCUT2D eigenvalue weighted by Crippen LogP contribution is 2.25. The lowest BCUT2D eigenvalue weighted by atomic mass is 9.96. The third-order valence-corrected chi connectivity index (χ3v) is 5.19. The molecular weight excluding hydrogens is 384 g/mol. The molecule has 0 saturated carbocycles. The van der Waals surface area contributed by atoms with Gasteiger partial charge in [-0.1, -0.05) is 38.1 Å². The first-order chi connectivity index (χ1) is 14.3. The molecule has 1 heterocycles. The Morgan fingerprint density at radius 1 is 0.767 bits per heavy atom. The van der Waals surface area contributed by atoms with Crippen molar-refractivity contribution >= 4 is 17.7 Å². The summed E-state index contributed by atoms with van der Waals surface area (Å²) in [6.45, 7) is 3.98. The highest BCUT2D eigenvalue weighted by atomic mass is 16.5. The van der Waals surface area contributed by atoms with Gasteiger partial charge in [0.05, 0.1) is 20.8 Å². The summed E-state index contributed by atoms with van der Waals surface area (Å²) >= 11 is 0. The topological polar surface area (TPSA) is 76.2 Å². The molecule has 2 aromatic rings. The Kier molecular flexibility index (Phi) is 6.40. The maximum Gasteiger partial charge on any atom is 0.319 e. The number of ether oxygens (including phenoxy) is 2. The van der Waals surface area contributed by atoms with Gasteiger partial charge in [-0.15, -0.1) is 0 Å². The van der Waals surface area contributed by atoms with Gasteiger partial charge in [-0.2, -0.15) is 0 Å². The fourth-order valence-corrected chi connectivity index (χ4v) is 3.56. The molecule has 0 bridgehead atoms. The van der Waals surface area contributed by atoms with Crippen molar-refractivity contribution < 1.29 is 23.9 Å². The summed E-state index contributed by atoms with van der Waals surface area (Å²) in [5.74, 6) is -0.609. The summed E-state index contributed by atoms with van der Waals surface area (Å²) in [4.78, 5) is 41.4. The second-order valence-electron chi connectivity index (χ2n) is 7.55. The van der Waals surface area contributed by atoms with Crippen molar-refractivity contribution in [2.24, 2.45) is 5.92 Å². The third kappa shape index (κ3) is 4.30. The van der Waals surface area contributed by atoms with Gasteiger partial charge in [0, 0.05) is 6.54 Å². The minimum absolute atomic E-state index is 0.0486. The number of hydrogen-bond acceptors (Lipinski definition) is 5. The molecule has 1 unspecified atom stereocenters. The number of rotatable bonds is 7.